The van der Waals surface area contributed by atoms with E-state index < -0.39 is 5.54 Å². The smallest absolute Gasteiger partial charge is 0.125 e. The Morgan fingerprint density at radius 1 is 1.36 bits per heavy atom. The molecule has 0 heterocycles. The van der Waals surface area contributed by atoms with E-state index in [4.69, 9.17) is 10.2 Å². The van der Waals surface area contributed by atoms with E-state index in [9.17, 15) is 4.91 Å². The molecular weight excluding hydrogens is 146 g/mol. The molecule has 0 rings (SSSR count). The van der Waals surface area contributed by atoms with E-state index in [-0.39, 0.29) is 26.1 Å². The van der Waals surface area contributed by atoms with Crippen molar-refractivity contribution in [2.45, 2.75) is 18.4 Å². The molecule has 0 aromatic rings. The average molecular weight is 159 g/mol. The maximum atomic E-state index is 10.3. The number of hydrogen-bond acceptors (Lipinski definition) is 4. The summed E-state index contributed by atoms with van der Waals surface area (Å²) in [5.41, 5.74) is -0.983. The fourth-order valence-corrected chi connectivity index (χ4v) is 0.845. The summed E-state index contributed by atoms with van der Waals surface area (Å²) in [7, 11) is 0. The van der Waals surface area contributed by atoms with Crippen LogP contribution in [0.3, 0.4) is 0 Å². The summed E-state index contributed by atoms with van der Waals surface area (Å²) >= 11 is 0. The lowest BCUT2D eigenvalue weighted by Crippen LogP contribution is -2.25. The molecule has 0 aliphatic rings. The minimum absolute atomic E-state index is 0.127. The van der Waals surface area contributed by atoms with Gasteiger partial charge in [-0.2, -0.15) is 0 Å². The largest absolute Gasteiger partial charge is 0.396 e. The maximum Gasteiger partial charge on any atom is 0.125 e. The number of aliphatic hydroxyl groups is 2. The number of nitrogens with zero attached hydrogens (tertiary/aromatic N) is 1. The van der Waals surface area contributed by atoms with E-state index in [1.807, 2.05) is 0 Å². The zero-order valence-corrected chi connectivity index (χ0v) is 6.36. The molecule has 0 atom stereocenters. The first-order valence-corrected chi connectivity index (χ1v) is 3.44. The molecule has 0 aliphatic carbocycles. The van der Waals surface area contributed by atoms with Gasteiger partial charge in [0.1, 0.15) is 5.54 Å². The van der Waals surface area contributed by atoms with Crippen molar-refractivity contribution < 1.29 is 10.2 Å². The van der Waals surface area contributed by atoms with Gasteiger partial charge in [0.05, 0.1) is 0 Å². The minimum Gasteiger partial charge on any atom is -0.396 e. The molecule has 4 nitrogen and oxygen atoms in total. The molecule has 0 aliphatic heterocycles. The highest BCUT2D eigenvalue weighted by Crippen LogP contribution is 2.20. The van der Waals surface area contributed by atoms with Gasteiger partial charge < -0.3 is 10.2 Å². The van der Waals surface area contributed by atoms with Gasteiger partial charge in [-0.3, -0.25) is 0 Å². The van der Waals surface area contributed by atoms with Gasteiger partial charge >= 0.3 is 0 Å². The molecule has 0 bridgehead atoms. The van der Waals surface area contributed by atoms with Gasteiger partial charge in [-0.15, -0.1) is 11.5 Å². The van der Waals surface area contributed by atoms with Crippen LogP contribution < -0.4 is 0 Å². The van der Waals surface area contributed by atoms with Gasteiger partial charge in [-0.1, -0.05) is 11.3 Å². The standard InChI is InChI=1S/C7H13NO3/c1-2-7(8-11,3-5-9)4-6-10/h2,9-10H,1,3-6H2. The van der Waals surface area contributed by atoms with E-state index >= 15 is 0 Å². The molecule has 0 unspecified atom stereocenters. The van der Waals surface area contributed by atoms with Crippen LogP contribution in [0.15, 0.2) is 17.8 Å². The molecule has 4 heteroatoms. The Bertz CT molecular complexity index is 120. The summed E-state index contributed by atoms with van der Waals surface area (Å²) in [6, 6.07) is 0. The molecule has 11 heavy (non-hydrogen) atoms. The minimum atomic E-state index is -0.983. The third-order valence-corrected chi connectivity index (χ3v) is 1.65. The second-order valence-electron chi connectivity index (χ2n) is 2.35. The summed E-state index contributed by atoms with van der Waals surface area (Å²) in [5.74, 6) is 0. The Hall–Kier alpha value is -0.740. The highest BCUT2D eigenvalue weighted by molar-refractivity contribution is 5.02. The third kappa shape index (κ3) is 2.78. The Morgan fingerprint density at radius 2 is 1.82 bits per heavy atom. The predicted molar refractivity (Wildman–Crippen MR) is 42.1 cm³/mol. The van der Waals surface area contributed by atoms with Crippen LogP contribution in [-0.2, 0) is 0 Å². The summed E-state index contributed by atoms with van der Waals surface area (Å²) in [6.45, 7) is 3.17. The SMILES string of the molecule is C=CC(CCO)(CCO)N=O. The molecule has 0 saturated carbocycles. The lowest BCUT2D eigenvalue weighted by molar-refractivity contribution is 0.217. The first-order valence-electron chi connectivity index (χ1n) is 3.44. The van der Waals surface area contributed by atoms with Crippen molar-refractivity contribution in [1.82, 2.24) is 0 Å². The topological polar surface area (TPSA) is 69.9 Å². The molecule has 0 radical (unpaired) electrons. The summed E-state index contributed by atoms with van der Waals surface area (Å²) in [4.78, 5) is 10.3. The van der Waals surface area contributed by atoms with E-state index in [2.05, 4.69) is 11.8 Å². The first kappa shape index (κ1) is 10.3. The van der Waals surface area contributed by atoms with Crippen molar-refractivity contribution >= 4 is 0 Å². The molecule has 0 fully saturated rings. The summed E-state index contributed by atoms with van der Waals surface area (Å²) < 4.78 is 0. The first-order chi connectivity index (χ1) is 5.24. The van der Waals surface area contributed by atoms with E-state index in [1.54, 1.807) is 0 Å². The summed E-state index contributed by atoms with van der Waals surface area (Å²) in [6.07, 6.45) is 1.81. The van der Waals surface area contributed by atoms with Gasteiger partial charge in [0, 0.05) is 26.1 Å². The monoisotopic (exact) mass is 159 g/mol. The number of aliphatic hydroxyl groups excluding tert-OH is 2. The van der Waals surface area contributed by atoms with E-state index in [1.165, 1.54) is 6.08 Å². The van der Waals surface area contributed by atoms with Gasteiger partial charge in [0.2, 0.25) is 0 Å². The zero-order chi connectivity index (χ0) is 8.74. The molecule has 0 spiro atoms. The third-order valence-electron chi connectivity index (χ3n) is 1.65. The van der Waals surface area contributed by atoms with Gasteiger partial charge in [0.15, 0.2) is 0 Å². The van der Waals surface area contributed by atoms with Crippen molar-refractivity contribution in [2.24, 2.45) is 5.18 Å². The Balaban J connectivity index is 4.18. The predicted octanol–water partition coefficient (Wildman–Crippen LogP) is 0.442. The van der Waals surface area contributed by atoms with Gasteiger partial charge in [-0.05, 0) is 0 Å². The van der Waals surface area contributed by atoms with E-state index in [0.29, 0.717) is 0 Å². The van der Waals surface area contributed by atoms with Crippen LogP contribution in [0.1, 0.15) is 12.8 Å². The second kappa shape index (κ2) is 4.98. The molecule has 2 N–H and O–H groups in total. The number of rotatable bonds is 6. The lowest BCUT2D eigenvalue weighted by atomic mass is 9.93. The van der Waals surface area contributed by atoms with Crippen molar-refractivity contribution in [3.63, 3.8) is 0 Å². The van der Waals surface area contributed by atoms with Crippen LogP contribution in [0.5, 0.6) is 0 Å². The highest BCUT2D eigenvalue weighted by Gasteiger charge is 2.26. The Kier molecular flexibility index (Phi) is 4.65. The Morgan fingerprint density at radius 3 is 2.00 bits per heavy atom. The van der Waals surface area contributed by atoms with Crippen LogP contribution in [-0.4, -0.2) is 29.0 Å². The molecule has 0 aromatic carbocycles. The molecule has 0 amide bonds. The van der Waals surface area contributed by atoms with Crippen LogP contribution in [0, 0.1) is 4.91 Å². The number of nitroso groups, excluding NO2 is 1. The maximum absolute atomic E-state index is 10.3. The van der Waals surface area contributed by atoms with Crippen molar-refractivity contribution in [2.75, 3.05) is 13.2 Å². The van der Waals surface area contributed by atoms with Gasteiger partial charge in [-0.25, -0.2) is 0 Å². The number of hydrogen-bond donors (Lipinski definition) is 2. The molecule has 64 valence electrons. The molecule has 0 saturated heterocycles. The lowest BCUT2D eigenvalue weighted by Gasteiger charge is -2.19. The van der Waals surface area contributed by atoms with Crippen LogP contribution in [0.2, 0.25) is 0 Å². The fourth-order valence-electron chi connectivity index (χ4n) is 0.845. The molecule has 0 aromatic heterocycles. The zero-order valence-electron chi connectivity index (χ0n) is 6.36. The van der Waals surface area contributed by atoms with Crippen LogP contribution in [0.25, 0.3) is 0 Å². The average Bonchev–Trinajstić information content (AvgIpc) is 2.04. The quantitative estimate of drug-likeness (QED) is 0.436. The van der Waals surface area contributed by atoms with Crippen molar-refractivity contribution in [3.8, 4) is 0 Å². The Labute approximate surface area is 65.5 Å². The molecular formula is C7H13NO3. The van der Waals surface area contributed by atoms with Gasteiger partial charge in [0.25, 0.3) is 0 Å². The van der Waals surface area contributed by atoms with Crippen LogP contribution >= 0.6 is 0 Å². The normalized spacial score (nSPS) is 11.1. The second-order valence-corrected chi connectivity index (χ2v) is 2.35. The van der Waals surface area contributed by atoms with E-state index in [0.717, 1.165) is 0 Å². The van der Waals surface area contributed by atoms with Crippen molar-refractivity contribution in [1.29, 1.82) is 0 Å². The fraction of sp³-hybridized carbons (Fsp3) is 0.714. The highest BCUT2D eigenvalue weighted by atomic mass is 16.3. The van der Waals surface area contributed by atoms with Crippen molar-refractivity contribution in [3.05, 3.63) is 17.6 Å². The van der Waals surface area contributed by atoms with Crippen LogP contribution in [0.4, 0.5) is 0 Å². The summed E-state index contributed by atoms with van der Waals surface area (Å²) in [5, 5.41) is 20.0.